The molecule has 8 heteroatoms. The van der Waals surface area contributed by atoms with Crippen molar-refractivity contribution < 1.29 is 8.42 Å². The lowest BCUT2D eigenvalue weighted by atomic mass is 10.1. The molecule has 3 N–H and O–H groups in total. The van der Waals surface area contributed by atoms with Gasteiger partial charge in [-0.2, -0.15) is 15.4 Å². The topological polar surface area (TPSA) is 99.8 Å². The number of rotatable bonds is 8. The highest BCUT2D eigenvalue weighted by Crippen LogP contribution is 2.18. The minimum Gasteiger partial charge on any atom is -0.310 e. The molecule has 21 heavy (non-hydrogen) atoms. The first-order valence-corrected chi connectivity index (χ1v) is 8.40. The van der Waals surface area contributed by atoms with E-state index >= 15 is 0 Å². The number of benzene rings is 1. The second kappa shape index (κ2) is 7.30. The van der Waals surface area contributed by atoms with Crippen LogP contribution in [0.5, 0.6) is 0 Å². The number of nitrogens with zero attached hydrogens (tertiary/aromatic N) is 2. The van der Waals surface area contributed by atoms with Crippen molar-refractivity contribution in [2.45, 2.75) is 13.5 Å². The van der Waals surface area contributed by atoms with Gasteiger partial charge in [0.2, 0.25) is 10.0 Å². The number of hydrogen-bond acceptors (Lipinski definition) is 5. The van der Waals surface area contributed by atoms with E-state index in [-0.39, 0.29) is 5.75 Å². The third kappa shape index (κ3) is 4.62. The summed E-state index contributed by atoms with van der Waals surface area (Å²) in [6.07, 6.45) is 0. The average molecular weight is 309 g/mol. The van der Waals surface area contributed by atoms with Gasteiger partial charge in [0.15, 0.2) is 0 Å². The monoisotopic (exact) mass is 309 g/mol. The van der Waals surface area contributed by atoms with Crippen LogP contribution in [0.3, 0.4) is 0 Å². The Labute approximate surface area is 124 Å². The molecular weight excluding hydrogens is 290 g/mol. The highest BCUT2D eigenvalue weighted by atomic mass is 32.2. The SMILES string of the molecule is CCNS(=O)(=O)CCNCc1n[nH]nc1-c1ccccc1. The number of H-pyrrole nitrogens is 1. The zero-order chi connectivity index (χ0) is 15.1. The number of sulfonamides is 1. The average Bonchev–Trinajstić information content (AvgIpc) is 2.93. The fourth-order valence-electron chi connectivity index (χ4n) is 1.91. The van der Waals surface area contributed by atoms with Gasteiger partial charge in [-0.1, -0.05) is 37.3 Å². The second-order valence-electron chi connectivity index (χ2n) is 4.48. The summed E-state index contributed by atoms with van der Waals surface area (Å²) >= 11 is 0. The van der Waals surface area contributed by atoms with Crippen molar-refractivity contribution in [3.05, 3.63) is 36.0 Å². The summed E-state index contributed by atoms with van der Waals surface area (Å²) in [7, 11) is -3.19. The Morgan fingerprint density at radius 2 is 1.95 bits per heavy atom. The molecule has 0 fully saturated rings. The van der Waals surface area contributed by atoms with E-state index in [1.54, 1.807) is 6.92 Å². The highest BCUT2D eigenvalue weighted by molar-refractivity contribution is 7.89. The third-order valence-electron chi connectivity index (χ3n) is 2.87. The molecule has 0 bridgehead atoms. The number of aromatic amines is 1. The molecule has 114 valence electrons. The molecule has 1 aromatic carbocycles. The van der Waals surface area contributed by atoms with Crippen molar-refractivity contribution in [3.8, 4) is 11.3 Å². The van der Waals surface area contributed by atoms with Crippen molar-refractivity contribution >= 4 is 10.0 Å². The first-order chi connectivity index (χ1) is 10.1. The molecule has 0 amide bonds. The second-order valence-corrected chi connectivity index (χ2v) is 6.40. The molecular formula is C13H19N5O2S. The van der Waals surface area contributed by atoms with E-state index in [9.17, 15) is 8.42 Å². The van der Waals surface area contributed by atoms with E-state index < -0.39 is 10.0 Å². The predicted octanol–water partition coefficient (Wildman–Crippen LogP) is 0.501. The third-order valence-corrected chi connectivity index (χ3v) is 4.34. The van der Waals surface area contributed by atoms with Crippen molar-refractivity contribution in [1.82, 2.24) is 25.4 Å². The summed E-state index contributed by atoms with van der Waals surface area (Å²) in [4.78, 5) is 0. The van der Waals surface area contributed by atoms with Crippen molar-refractivity contribution in [1.29, 1.82) is 0 Å². The Balaban J connectivity index is 1.89. The zero-order valence-corrected chi connectivity index (χ0v) is 12.7. The van der Waals surface area contributed by atoms with Gasteiger partial charge < -0.3 is 5.32 Å². The lowest BCUT2D eigenvalue weighted by molar-refractivity contribution is 0.578. The van der Waals surface area contributed by atoms with Gasteiger partial charge in [0.05, 0.1) is 5.75 Å². The molecule has 1 heterocycles. The van der Waals surface area contributed by atoms with Crippen LogP contribution < -0.4 is 10.0 Å². The Bertz CT molecular complexity index is 654. The fourth-order valence-corrected chi connectivity index (χ4v) is 2.91. The first-order valence-electron chi connectivity index (χ1n) is 6.75. The van der Waals surface area contributed by atoms with Crippen LogP contribution >= 0.6 is 0 Å². The van der Waals surface area contributed by atoms with Crippen LogP contribution in [0.25, 0.3) is 11.3 Å². The largest absolute Gasteiger partial charge is 0.310 e. The highest BCUT2D eigenvalue weighted by Gasteiger charge is 2.11. The predicted molar refractivity (Wildman–Crippen MR) is 81.0 cm³/mol. The van der Waals surface area contributed by atoms with Gasteiger partial charge in [-0.25, -0.2) is 13.1 Å². The summed E-state index contributed by atoms with van der Waals surface area (Å²) in [6.45, 7) is 2.98. The zero-order valence-electron chi connectivity index (χ0n) is 11.8. The van der Waals surface area contributed by atoms with Gasteiger partial charge in [0, 0.05) is 25.2 Å². The molecule has 2 aromatic rings. The van der Waals surface area contributed by atoms with E-state index in [1.807, 2.05) is 30.3 Å². The normalized spacial score (nSPS) is 11.7. The molecule has 0 atom stereocenters. The van der Waals surface area contributed by atoms with Gasteiger partial charge in [0.25, 0.3) is 0 Å². The first kappa shape index (κ1) is 15.6. The number of nitrogens with one attached hydrogen (secondary N) is 3. The minimum atomic E-state index is -3.19. The van der Waals surface area contributed by atoms with Crippen LogP contribution in [0.1, 0.15) is 12.6 Å². The molecule has 7 nitrogen and oxygen atoms in total. The fraction of sp³-hybridized carbons (Fsp3) is 0.385. The van der Waals surface area contributed by atoms with Crippen LogP contribution in [0.15, 0.2) is 30.3 Å². The maximum absolute atomic E-state index is 11.5. The van der Waals surface area contributed by atoms with Crippen LogP contribution in [0, 0.1) is 0 Å². The molecule has 0 unspecified atom stereocenters. The Morgan fingerprint density at radius 3 is 2.67 bits per heavy atom. The van der Waals surface area contributed by atoms with E-state index in [4.69, 9.17) is 0 Å². The lowest BCUT2D eigenvalue weighted by Crippen LogP contribution is -2.31. The van der Waals surface area contributed by atoms with Gasteiger partial charge in [0.1, 0.15) is 11.4 Å². The molecule has 0 aliphatic carbocycles. The van der Waals surface area contributed by atoms with E-state index in [2.05, 4.69) is 25.4 Å². The van der Waals surface area contributed by atoms with E-state index in [0.29, 0.717) is 19.6 Å². The van der Waals surface area contributed by atoms with Gasteiger partial charge in [-0.3, -0.25) is 0 Å². The summed E-state index contributed by atoms with van der Waals surface area (Å²) in [6, 6.07) is 9.72. The number of hydrogen-bond donors (Lipinski definition) is 3. The van der Waals surface area contributed by atoms with Crippen molar-refractivity contribution in [3.63, 3.8) is 0 Å². The minimum absolute atomic E-state index is 0.0410. The molecule has 0 radical (unpaired) electrons. The molecule has 0 aliphatic heterocycles. The Hall–Kier alpha value is -1.77. The summed E-state index contributed by atoms with van der Waals surface area (Å²) in [5.41, 5.74) is 2.52. The maximum atomic E-state index is 11.5. The van der Waals surface area contributed by atoms with Crippen molar-refractivity contribution in [2.24, 2.45) is 0 Å². The molecule has 2 rings (SSSR count). The smallest absolute Gasteiger partial charge is 0.212 e. The maximum Gasteiger partial charge on any atom is 0.212 e. The lowest BCUT2D eigenvalue weighted by Gasteiger charge is -2.06. The van der Waals surface area contributed by atoms with Gasteiger partial charge in [-0.15, -0.1) is 0 Å². The Morgan fingerprint density at radius 1 is 1.19 bits per heavy atom. The van der Waals surface area contributed by atoms with Gasteiger partial charge in [-0.05, 0) is 0 Å². The van der Waals surface area contributed by atoms with Crippen molar-refractivity contribution in [2.75, 3.05) is 18.8 Å². The summed E-state index contributed by atoms with van der Waals surface area (Å²) in [5.74, 6) is 0.0410. The summed E-state index contributed by atoms with van der Waals surface area (Å²) < 4.78 is 25.4. The molecule has 0 spiro atoms. The van der Waals surface area contributed by atoms with E-state index in [0.717, 1.165) is 17.0 Å². The Kier molecular flexibility index (Phi) is 5.43. The number of aromatic nitrogens is 3. The molecule has 1 aromatic heterocycles. The molecule has 0 saturated carbocycles. The van der Waals surface area contributed by atoms with Gasteiger partial charge >= 0.3 is 0 Å². The standard InChI is InChI=1S/C13H19N5O2S/c1-2-15-21(19,20)9-8-14-10-12-13(17-18-16-12)11-6-4-3-5-7-11/h3-7,14-15H,2,8-10H2,1H3,(H,16,17,18). The molecule has 0 aliphatic rings. The van der Waals surface area contributed by atoms with Crippen LogP contribution in [0.2, 0.25) is 0 Å². The van der Waals surface area contributed by atoms with Crippen LogP contribution in [-0.4, -0.2) is 42.7 Å². The quantitative estimate of drug-likeness (QED) is 0.617. The summed E-state index contributed by atoms with van der Waals surface area (Å²) in [5, 5.41) is 13.9. The molecule has 0 saturated heterocycles. The van der Waals surface area contributed by atoms with Crippen LogP contribution in [0.4, 0.5) is 0 Å². The van der Waals surface area contributed by atoms with E-state index in [1.165, 1.54) is 0 Å². The van der Waals surface area contributed by atoms with Crippen LogP contribution in [-0.2, 0) is 16.6 Å².